The quantitative estimate of drug-likeness (QED) is 0.470. The van der Waals surface area contributed by atoms with E-state index in [0.717, 1.165) is 11.3 Å². The maximum atomic E-state index is 12.4. The molecule has 1 aromatic heterocycles. The van der Waals surface area contributed by atoms with Crippen molar-refractivity contribution >= 4 is 17.9 Å². The molecule has 0 aliphatic carbocycles. The van der Waals surface area contributed by atoms with Gasteiger partial charge in [0.25, 0.3) is 5.22 Å². The van der Waals surface area contributed by atoms with Gasteiger partial charge in [0.15, 0.2) is 0 Å². The number of nitrogens with one attached hydrogen (secondary N) is 1. The molecule has 7 heteroatoms. The number of rotatable bonds is 7. The zero-order valence-electron chi connectivity index (χ0n) is 18.6. The van der Waals surface area contributed by atoms with Crippen molar-refractivity contribution in [1.82, 2.24) is 15.5 Å². The molecule has 0 saturated carbocycles. The van der Waals surface area contributed by atoms with E-state index in [1.165, 1.54) is 28.5 Å². The first-order valence-corrected chi connectivity index (χ1v) is 11.2. The van der Waals surface area contributed by atoms with Gasteiger partial charge in [-0.3, -0.25) is 0 Å². The summed E-state index contributed by atoms with van der Waals surface area (Å²) in [6.45, 7) is 9.65. The molecule has 0 aliphatic heterocycles. The van der Waals surface area contributed by atoms with Crippen LogP contribution in [0.2, 0.25) is 0 Å². The third kappa shape index (κ3) is 7.14. The number of aromatic nitrogens is 2. The van der Waals surface area contributed by atoms with Crippen LogP contribution in [0.3, 0.4) is 0 Å². The number of aryl methyl sites for hydroxylation is 2. The topological polar surface area (TPSA) is 77.2 Å². The monoisotopic (exact) mass is 439 g/mol. The van der Waals surface area contributed by atoms with Crippen molar-refractivity contribution in [2.45, 2.75) is 63.7 Å². The van der Waals surface area contributed by atoms with Gasteiger partial charge in [-0.15, -0.1) is 10.2 Å². The van der Waals surface area contributed by atoms with Crippen molar-refractivity contribution in [2.75, 3.05) is 0 Å². The number of amides is 1. The molecule has 31 heavy (non-hydrogen) atoms. The molecule has 2 aromatic carbocycles. The fourth-order valence-corrected chi connectivity index (χ4v) is 3.85. The zero-order chi connectivity index (χ0) is 22.4. The number of nitrogens with zero attached hydrogens (tertiary/aromatic N) is 2. The summed E-state index contributed by atoms with van der Waals surface area (Å²) in [4.78, 5) is 12.4. The summed E-state index contributed by atoms with van der Waals surface area (Å²) in [6, 6.07) is 15.8. The highest BCUT2D eigenvalue weighted by Crippen LogP contribution is 2.27. The second-order valence-corrected chi connectivity index (χ2v) is 9.44. The first-order chi connectivity index (χ1) is 14.7. The molecular weight excluding hydrogens is 410 g/mol. The Labute approximate surface area is 187 Å². The number of thioether (sulfide) groups is 1. The predicted molar refractivity (Wildman–Crippen MR) is 122 cm³/mol. The maximum Gasteiger partial charge on any atom is 0.408 e. The molecule has 0 bridgehead atoms. The van der Waals surface area contributed by atoms with Crippen molar-refractivity contribution < 1.29 is 13.9 Å². The lowest BCUT2D eigenvalue weighted by Gasteiger charge is -2.22. The Morgan fingerprint density at radius 1 is 1.13 bits per heavy atom. The normalized spacial score (nSPS) is 12.4. The molecule has 1 heterocycles. The molecule has 0 radical (unpaired) electrons. The van der Waals surface area contributed by atoms with Gasteiger partial charge in [0.2, 0.25) is 5.89 Å². The van der Waals surface area contributed by atoms with Crippen LogP contribution in [0.15, 0.2) is 58.2 Å². The maximum absolute atomic E-state index is 12.4. The Hall–Kier alpha value is -2.80. The number of hydrogen-bond donors (Lipinski definition) is 1. The zero-order valence-corrected chi connectivity index (χ0v) is 19.5. The van der Waals surface area contributed by atoms with Gasteiger partial charge in [-0.1, -0.05) is 65.9 Å². The summed E-state index contributed by atoms with van der Waals surface area (Å²) in [7, 11) is 0. The largest absolute Gasteiger partial charge is 0.444 e. The van der Waals surface area contributed by atoms with Gasteiger partial charge in [0.05, 0.1) is 0 Å². The van der Waals surface area contributed by atoms with E-state index in [4.69, 9.17) is 9.15 Å². The minimum atomic E-state index is -0.594. The number of hydrogen-bond acceptors (Lipinski definition) is 6. The minimum Gasteiger partial charge on any atom is -0.444 e. The van der Waals surface area contributed by atoms with E-state index in [1.807, 2.05) is 51.1 Å². The van der Waals surface area contributed by atoms with Crippen LogP contribution >= 0.6 is 11.8 Å². The predicted octanol–water partition coefficient (Wildman–Crippen LogP) is 5.79. The molecule has 1 atom stereocenters. The lowest BCUT2D eigenvalue weighted by Crippen LogP contribution is -2.36. The summed E-state index contributed by atoms with van der Waals surface area (Å²) < 4.78 is 11.3. The highest BCUT2D eigenvalue weighted by Gasteiger charge is 2.25. The molecular formula is C24H29N3O3S. The standard InChI is InChI=1S/C24H29N3O3S/c1-16-11-12-17(2)19(13-16)15-31-23-27-26-21(29-23)20(14-18-9-7-6-8-10-18)25-22(28)30-24(3,4)5/h6-13,20H,14-15H2,1-5H3,(H,25,28). The lowest BCUT2D eigenvalue weighted by atomic mass is 10.1. The van der Waals surface area contributed by atoms with Crippen LogP contribution in [0.1, 0.15) is 55.0 Å². The average molecular weight is 440 g/mol. The van der Waals surface area contributed by atoms with Crippen LogP contribution in [0, 0.1) is 13.8 Å². The van der Waals surface area contributed by atoms with Gasteiger partial charge >= 0.3 is 6.09 Å². The smallest absolute Gasteiger partial charge is 0.408 e. The van der Waals surface area contributed by atoms with E-state index in [0.29, 0.717) is 17.5 Å². The summed E-state index contributed by atoms with van der Waals surface area (Å²) >= 11 is 1.49. The van der Waals surface area contributed by atoms with Crippen LogP contribution in [0.4, 0.5) is 4.79 Å². The Bertz CT molecular complexity index is 1010. The molecule has 6 nitrogen and oxygen atoms in total. The number of carbonyl (C=O) groups excluding carboxylic acids is 1. The number of ether oxygens (including phenoxy) is 1. The SMILES string of the molecule is Cc1ccc(C)c(CSc2nnc(C(Cc3ccccc3)NC(=O)OC(C)(C)C)o2)c1. The summed E-state index contributed by atoms with van der Waals surface area (Å²) in [6.07, 6.45) is -0.000156. The summed E-state index contributed by atoms with van der Waals surface area (Å²) in [5.41, 5.74) is 4.13. The van der Waals surface area contributed by atoms with E-state index >= 15 is 0 Å². The van der Waals surface area contributed by atoms with Crippen molar-refractivity contribution in [2.24, 2.45) is 0 Å². The highest BCUT2D eigenvalue weighted by molar-refractivity contribution is 7.98. The molecule has 1 unspecified atom stereocenters. The van der Waals surface area contributed by atoms with E-state index in [-0.39, 0.29) is 0 Å². The van der Waals surface area contributed by atoms with E-state index in [9.17, 15) is 4.79 Å². The van der Waals surface area contributed by atoms with Crippen molar-refractivity contribution in [1.29, 1.82) is 0 Å². The van der Waals surface area contributed by atoms with Crippen LogP contribution < -0.4 is 5.32 Å². The molecule has 3 rings (SSSR count). The van der Waals surface area contributed by atoms with E-state index < -0.39 is 17.7 Å². The first kappa shape index (κ1) is 22.9. The Balaban J connectivity index is 1.73. The van der Waals surface area contributed by atoms with Crippen LogP contribution in [0.5, 0.6) is 0 Å². The fraction of sp³-hybridized carbons (Fsp3) is 0.375. The van der Waals surface area contributed by atoms with E-state index in [1.54, 1.807) is 0 Å². The second-order valence-electron chi connectivity index (χ2n) is 8.51. The first-order valence-electron chi connectivity index (χ1n) is 10.3. The molecule has 0 fully saturated rings. The molecule has 3 aromatic rings. The van der Waals surface area contributed by atoms with Gasteiger partial charge in [-0.25, -0.2) is 4.79 Å². The Morgan fingerprint density at radius 3 is 2.58 bits per heavy atom. The van der Waals surface area contributed by atoms with Crippen molar-refractivity contribution in [3.63, 3.8) is 0 Å². The minimum absolute atomic E-state index is 0.359. The lowest BCUT2D eigenvalue weighted by molar-refractivity contribution is 0.0494. The molecule has 0 aliphatic rings. The molecule has 0 saturated heterocycles. The van der Waals surface area contributed by atoms with Gasteiger partial charge in [-0.05, 0) is 51.3 Å². The molecule has 1 N–H and O–H groups in total. The van der Waals surface area contributed by atoms with E-state index in [2.05, 4.69) is 47.6 Å². The summed E-state index contributed by atoms with van der Waals surface area (Å²) in [5, 5.41) is 11.7. The third-order valence-corrected chi connectivity index (χ3v) is 5.42. The highest BCUT2D eigenvalue weighted by atomic mass is 32.2. The second kappa shape index (κ2) is 10.0. The fourth-order valence-electron chi connectivity index (χ4n) is 3.01. The average Bonchev–Trinajstić information content (AvgIpc) is 3.16. The molecule has 0 spiro atoms. The van der Waals surface area contributed by atoms with Gasteiger partial charge in [0, 0.05) is 12.2 Å². The Morgan fingerprint density at radius 2 is 1.87 bits per heavy atom. The van der Waals surface area contributed by atoms with Crippen molar-refractivity contribution in [3.05, 3.63) is 76.7 Å². The van der Waals surface area contributed by atoms with Gasteiger partial charge < -0.3 is 14.5 Å². The number of carbonyl (C=O) groups is 1. The Kier molecular flexibility index (Phi) is 7.38. The molecule has 164 valence electrons. The van der Waals surface area contributed by atoms with Crippen LogP contribution in [-0.2, 0) is 16.9 Å². The van der Waals surface area contributed by atoms with Gasteiger partial charge in [0.1, 0.15) is 11.6 Å². The van der Waals surface area contributed by atoms with Crippen molar-refractivity contribution in [3.8, 4) is 0 Å². The van der Waals surface area contributed by atoms with Crippen LogP contribution in [-0.4, -0.2) is 21.9 Å². The third-order valence-electron chi connectivity index (χ3n) is 4.55. The summed E-state index contributed by atoms with van der Waals surface area (Å²) in [5.74, 6) is 1.09. The molecule has 1 amide bonds. The van der Waals surface area contributed by atoms with Gasteiger partial charge in [-0.2, -0.15) is 0 Å². The number of alkyl carbamates (subject to hydrolysis) is 1. The number of benzene rings is 2. The van der Waals surface area contributed by atoms with Crippen LogP contribution in [0.25, 0.3) is 0 Å².